The first-order valence-corrected chi connectivity index (χ1v) is 8.25. The smallest absolute Gasteiger partial charge is 0.279 e. The van der Waals surface area contributed by atoms with Crippen molar-refractivity contribution in [3.8, 4) is 11.5 Å². The van der Waals surface area contributed by atoms with Crippen molar-refractivity contribution in [2.75, 3.05) is 20.3 Å². The number of carbonyl (C=O) groups excluding carboxylic acids is 1. The van der Waals surface area contributed by atoms with Crippen molar-refractivity contribution in [3.05, 3.63) is 24.3 Å². The predicted octanol–water partition coefficient (Wildman–Crippen LogP) is 1.14. The molecule has 8 heteroatoms. The van der Waals surface area contributed by atoms with Crippen LogP contribution in [0.2, 0.25) is 0 Å². The van der Waals surface area contributed by atoms with Crippen LogP contribution in [0.4, 0.5) is 0 Å². The average molecular weight is 353 g/mol. The maximum absolute atomic E-state index is 12.0. The molecule has 1 saturated heterocycles. The number of hydrazine groups is 1. The third-order valence-corrected chi connectivity index (χ3v) is 3.78. The Bertz CT molecular complexity index is 564. The fourth-order valence-electron chi connectivity index (χ4n) is 2.21. The molecule has 24 heavy (non-hydrogen) atoms. The molecule has 7 nitrogen and oxygen atoms in total. The molecule has 1 aromatic rings. The summed E-state index contributed by atoms with van der Waals surface area (Å²) in [4.78, 5) is 12.0. The third-order valence-electron chi connectivity index (χ3n) is 3.54. The highest BCUT2D eigenvalue weighted by molar-refractivity contribution is 7.80. The minimum Gasteiger partial charge on any atom is -0.497 e. The van der Waals surface area contributed by atoms with E-state index in [-0.39, 0.29) is 12.0 Å². The van der Waals surface area contributed by atoms with E-state index in [2.05, 4.69) is 16.2 Å². The molecule has 1 fully saturated rings. The van der Waals surface area contributed by atoms with Gasteiger partial charge in [-0.3, -0.25) is 15.6 Å². The largest absolute Gasteiger partial charge is 0.497 e. The summed E-state index contributed by atoms with van der Waals surface area (Å²) in [7, 11) is 1.57. The van der Waals surface area contributed by atoms with Gasteiger partial charge in [-0.25, -0.2) is 0 Å². The maximum Gasteiger partial charge on any atom is 0.279 e. The molecule has 0 bridgehead atoms. The van der Waals surface area contributed by atoms with E-state index in [1.165, 1.54) is 0 Å². The average Bonchev–Trinajstić information content (AvgIpc) is 3.11. The number of rotatable bonds is 6. The summed E-state index contributed by atoms with van der Waals surface area (Å²) in [5.41, 5.74) is 5.17. The number of carbonyl (C=O) groups is 1. The summed E-state index contributed by atoms with van der Waals surface area (Å²) < 4.78 is 16.2. The molecule has 1 aliphatic rings. The predicted molar refractivity (Wildman–Crippen MR) is 93.9 cm³/mol. The minimum atomic E-state index is -0.689. The van der Waals surface area contributed by atoms with Gasteiger partial charge in [0.1, 0.15) is 11.5 Å². The quantitative estimate of drug-likeness (QED) is 0.523. The zero-order valence-corrected chi connectivity index (χ0v) is 14.7. The van der Waals surface area contributed by atoms with Gasteiger partial charge in [-0.1, -0.05) is 6.07 Å². The number of nitrogens with one attached hydrogen (secondary N) is 3. The van der Waals surface area contributed by atoms with Gasteiger partial charge in [-0.15, -0.1) is 0 Å². The van der Waals surface area contributed by atoms with Crippen LogP contribution in [-0.2, 0) is 9.53 Å². The standard InChI is InChI=1S/C16H23N3O4S/c1-11(23-13-6-3-5-12(9-13)21-2)15(20)18-19-16(24)17-10-14-7-4-8-22-14/h3,5-6,9,11,14H,4,7-8,10H2,1-2H3,(H,18,20)(H2,17,19,24)/t11-,14+/m1/s1. The van der Waals surface area contributed by atoms with Crippen LogP contribution >= 0.6 is 12.2 Å². The Morgan fingerprint density at radius 3 is 2.92 bits per heavy atom. The van der Waals surface area contributed by atoms with Crippen LogP contribution in [0, 0.1) is 0 Å². The molecular weight excluding hydrogens is 330 g/mol. The highest BCUT2D eigenvalue weighted by Gasteiger charge is 2.17. The van der Waals surface area contributed by atoms with Crippen LogP contribution in [0.5, 0.6) is 11.5 Å². The van der Waals surface area contributed by atoms with Gasteiger partial charge in [-0.2, -0.15) is 0 Å². The van der Waals surface area contributed by atoms with E-state index in [1.807, 2.05) is 0 Å². The molecule has 1 amide bonds. The Balaban J connectivity index is 1.69. The van der Waals surface area contributed by atoms with Gasteiger partial charge in [-0.05, 0) is 44.1 Å². The number of methoxy groups -OCH3 is 1. The summed E-state index contributed by atoms with van der Waals surface area (Å²) in [6.45, 7) is 3.07. The molecule has 132 valence electrons. The van der Waals surface area contributed by atoms with Crippen LogP contribution in [0.3, 0.4) is 0 Å². The van der Waals surface area contributed by atoms with Crippen LogP contribution in [-0.4, -0.2) is 43.5 Å². The third kappa shape index (κ3) is 5.86. The summed E-state index contributed by atoms with van der Waals surface area (Å²) in [6.07, 6.45) is 1.58. The minimum absolute atomic E-state index is 0.177. The summed E-state index contributed by atoms with van der Waals surface area (Å²) in [6, 6.07) is 7.07. The summed E-state index contributed by atoms with van der Waals surface area (Å²) >= 11 is 5.11. The first-order chi connectivity index (χ1) is 11.6. The van der Waals surface area contributed by atoms with Gasteiger partial charge >= 0.3 is 0 Å². The zero-order valence-electron chi connectivity index (χ0n) is 13.8. The second-order valence-electron chi connectivity index (χ2n) is 5.40. The van der Waals surface area contributed by atoms with E-state index in [0.29, 0.717) is 23.2 Å². The van der Waals surface area contributed by atoms with Crippen LogP contribution in [0.25, 0.3) is 0 Å². The van der Waals surface area contributed by atoms with Crippen molar-refractivity contribution in [2.24, 2.45) is 0 Å². The lowest BCUT2D eigenvalue weighted by Gasteiger charge is -2.17. The molecule has 1 aromatic carbocycles. The van der Waals surface area contributed by atoms with Crippen molar-refractivity contribution in [1.82, 2.24) is 16.2 Å². The second-order valence-corrected chi connectivity index (χ2v) is 5.81. The van der Waals surface area contributed by atoms with Gasteiger partial charge in [0.05, 0.1) is 13.2 Å². The Morgan fingerprint density at radius 2 is 2.21 bits per heavy atom. The maximum atomic E-state index is 12.0. The number of benzene rings is 1. The lowest BCUT2D eigenvalue weighted by Crippen LogP contribution is -2.51. The van der Waals surface area contributed by atoms with E-state index < -0.39 is 6.10 Å². The van der Waals surface area contributed by atoms with Crippen LogP contribution in [0.1, 0.15) is 19.8 Å². The molecule has 0 aromatic heterocycles. The van der Waals surface area contributed by atoms with Crippen LogP contribution in [0.15, 0.2) is 24.3 Å². The van der Waals surface area contributed by atoms with E-state index in [1.54, 1.807) is 38.3 Å². The van der Waals surface area contributed by atoms with Gasteiger partial charge < -0.3 is 19.5 Å². The fraction of sp³-hybridized carbons (Fsp3) is 0.500. The van der Waals surface area contributed by atoms with Crippen molar-refractivity contribution < 1.29 is 19.0 Å². The molecular formula is C16H23N3O4S. The first-order valence-electron chi connectivity index (χ1n) is 7.84. The number of thiocarbonyl (C=S) groups is 1. The van der Waals surface area contributed by atoms with E-state index in [4.69, 9.17) is 26.4 Å². The molecule has 1 aliphatic heterocycles. The number of amides is 1. The fourth-order valence-corrected chi connectivity index (χ4v) is 2.34. The molecule has 2 rings (SSSR count). The summed E-state index contributed by atoms with van der Waals surface area (Å²) in [5.74, 6) is 0.882. The van der Waals surface area contributed by atoms with Crippen molar-refractivity contribution >= 4 is 23.2 Å². The van der Waals surface area contributed by atoms with Crippen molar-refractivity contribution in [3.63, 3.8) is 0 Å². The molecule has 3 N–H and O–H groups in total. The molecule has 0 saturated carbocycles. The van der Waals surface area contributed by atoms with Gasteiger partial charge in [0.25, 0.3) is 5.91 Å². The molecule has 0 radical (unpaired) electrons. The molecule has 0 spiro atoms. The lowest BCUT2D eigenvalue weighted by molar-refractivity contribution is -0.127. The zero-order chi connectivity index (χ0) is 17.4. The number of hydrogen-bond acceptors (Lipinski definition) is 5. The second kappa shape index (κ2) is 9.29. The van der Waals surface area contributed by atoms with Gasteiger partial charge in [0.2, 0.25) is 0 Å². The topological polar surface area (TPSA) is 80.9 Å². The first kappa shape index (κ1) is 18.3. The lowest BCUT2D eigenvalue weighted by atomic mass is 10.2. The normalized spacial score (nSPS) is 17.7. The van der Waals surface area contributed by atoms with Crippen molar-refractivity contribution in [2.45, 2.75) is 32.0 Å². The highest BCUT2D eigenvalue weighted by atomic mass is 32.1. The monoisotopic (exact) mass is 353 g/mol. The van der Waals surface area contributed by atoms with E-state index in [0.717, 1.165) is 19.4 Å². The Kier molecular flexibility index (Phi) is 7.07. The molecule has 0 aliphatic carbocycles. The van der Waals surface area contributed by atoms with E-state index in [9.17, 15) is 4.79 Å². The highest BCUT2D eigenvalue weighted by Crippen LogP contribution is 2.19. The Hall–Kier alpha value is -2.06. The SMILES string of the molecule is COc1cccc(O[C@H](C)C(=O)NNC(=S)NC[C@@H]2CCCO2)c1. The van der Waals surface area contributed by atoms with Gasteiger partial charge in [0.15, 0.2) is 11.2 Å². The molecule has 1 heterocycles. The van der Waals surface area contributed by atoms with Crippen molar-refractivity contribution in [1.29, 1.82) is 0 Å². The number of ether oxygens (including phenoxy) is 3. The Morgan fingerprint density at radius 1 is 1.42 bits per heavy atom. The molecule has 0 unspecified atom stereocenters. The van der Waals surface area contributed by atoms with Crippen LogP contribution < -0.4 is 25.6 Å². The van der Waals surface area contributed by atoms with E-state index >= 15 is 0 Å². The van der Waals surface area contributed by atoms with Gasteiger partial charge in [0, 0.05) is 19.2 Å². The summed E-state index contributed by atoms with van der Waals surface area (Å²) in [5, 5.41) is 3.35. The molecule has 2 atom stereocenters. The Labute approximate surface area is 147 Å². The number of hydrogen-bond donors (Lipinski definition) is 3.